The number of amides is 2. The van der Waals surface area contributed by atoms with E-state index in [1.165, 1.54) is 19.3 Å². The van der Waals surface area contributed by atoms with Gasteiger partial charge < -0.3 is 14.5 Å². The number of carbonyl (C=O) groups excluding carboxylic acids is 2. The van der Waals surface area contributed by atoms with Gasteiger partial charge in [0.15, 0.2) is 0 Å². The van der Waals surface area contributed by atoms with Gasteiger partial charge in [-0.15, -0.1) is 0 Å². The Bertz CT molecular complexity index is 625. The predicted molar refractivity (Wildman–Crippen MR) is 101 cm³/mol. The molecule has 1 heterocycles. The van der Waals surface area contributed by atoms with E-state index in [4.69, 9.17) is 4.74 Å². The number of ether oxygens (including phenoxy) is 1. The van der Waals surface area contributed by atoms with Crippen molar-refractivity contribution in [2.75, 3.05) is 33.3 Å². The van der Waals surface area contributed by atoms with E-state index >= 15 is 0 Å². The Morgan fingerprint density at radius 2 is 1.65 bits per heavy atom. The minimum Gasteiger partial charge on any atom is -0.496 e. The zero-order chi connectivity index (χ0) is 18.4. The fourth-order valence-corrected chi connectivity index (χ4v) is 4.12. The summed E-state index contributed by atoms with van der Waals surface area (Å²) < 4.78 is 5.35. The smallest absolute Gasteiger partial charge is 0.227 e. The van der Waals surface area contributed by atoms with Crippen molar-refractivity contribution < 1.29 is 14.3 Å². The molecule has 1 aliphatic heterocycles. The second-order valence-electron chi connectivity index (χ2n) is 7.38. The average molecular weight is 358 g/mol. The number of hydrogen-bond donors (Lipinski definition) is 0. The molecule has 5 heteroatoms. The van der Waals surface area contributed by atoms with Crippen LogP contribution in [0.25, 0.3) is 0 Å². The van der Waals surface area contributed by atoms with Gasteiger partial charge in [-0.25, -0.2) is 0 Å². The van der Waals surface area contributed by atoms with Crippen molar-refractivity contribution in [3.8, 4) is 5.75 Å². The molecule has 0 spiro atoms. The van der Waals surface area contributed by atoms with Gasteiger partial charge in [0, 0.05) is 37.7 Å². The lowest BCUT2D eigenvalue weighted by atomic mass is 9.88. The van der Waals surface area contributed by atoms with Gasteiger partial charge in [-0.05, 0) is 25.3 Å². The third-order valence-corrected chi connectivity index (χ3v) is 5.65. The van der Waals surface area contributed by atoms with E-state index in [9.17, 15) is 9.59 Å². The van der Waals surface area contributed by atoms with E-state index in [0.717, 1.165) is 43.7 Å². The lowest BCUT2D eigenvalue weighted by Crippen LogP contribution is -2.40. The van der Waals surface area contributed by atoms with Crippen LogP contribution in [-0.4, -0.2) is 54.9 Å². The van der Waals surface area contributed by atoms with Gasteiger partial charge in [-0.2, -0.15) is 0 Å². The van der Waals surface area contributed by atoms with Gasteiger partial charge in [0.2, 0.25) is 11.8 Å². The summed E-state index contributed by atoms with van der Waals surface area (Å²) in [6.07, 6.45) is 6.88. The SMILES string of the molecule is COc1ccccc1CC(=O)N1CCCN(C(=O)C2CCCCC2)CC1. The summed E-state index contributed by atoms with van der Waals surface area (Å²) in [6.45, 7) is 2.79. The quantitative estimate of drug-likeness (QED) is 0.832. The summed E-state index contributed by atoms with van der Waals surface area (Å²) in [7, 11) is 1.63. The molecule has 0 bridgehead atoms. The lowest BCUT2D eigenvalue weighted by molar-refractivity contribution is -0.137. The molecule has 26 heavy (non-hydrogen) atoms. The van der Waals surface area contributed by atoms with Crippen LogP contribution in [0.1, 0.15) is 44.1 Å². The van der Waals surface area contributed by atoms with Crippen LogP contribution in [0.5, 0.6) is 5.75 Å². The van der Waals surface area contributed by atoms with Gasteiger partial charge >= 0.3 is 0 Å². The zero-order valence-electron chi connectivity index (χ0n) is 15.8. The molecule has 0 aromatic heterocycles. The molecule has 5 nitrogen and oxygen atoms in total. The van der Waals surface area contributed by atoms with Gasteiger partial charge in [-0.3, -0.25) is 9.59 Å². The Morgan fingerprint density at radius 3 is 2.42 bits per heavy atom. The summed E-state index contributed by atoms with van der Waals surface area (Å²) in [5.41, 5.74) is 0.916. The first-order valence-corrected chi connectivity index (χ1v) is 9.87. The standard InChI is InChI=1S/C21H30N2O3/c1-26-19-11-6-5-10-18(19)16-20(24)22-12-7-13-23(15-14-22)21(25)17-8-3-2-4-9-17/h5-6,10-11,17H,2-4,7-9,12-16H2,1H3. The maximum Gasteiger partial charge on any atom is 0.227 e. The maximum atomic E-state index is 12.8. The van der Waals surface area contributed by atoms with E-state index < -0.39 is 0 Å². The summed E-state index contributed by atoms with van der Waals surface area (Å²) in [5, 5.41) is 0. The molecule has 1 saturated heterocycles. The van der Waals surface area contributed by atoms with E-state index in [2.05, 4.69) is 0 Å². The molecule has 1 saturated carbocycles. The molecular weight excluding hydrogens is 328 g/mol. The molecule has 0 unspecified atom stereocenters. The second-order valence-corrected chi connectivity index (χ2v) is 7.38. The number of nitrogens with zero attached hydrogens (tertiary/aromatic N) is 2. The second kappa shape index (κ2) is 9.06. The van der Waals surface area contributed by atoms with Gasteiger partial charge in [0.25, 0.3) is 0 Å². The van der Waals surface area contributed by atoms with Gasteiger partial charge in [0.1, 0.15) is 5.75 Å². The molecule has 0 N–H and O–H groups in total. The monoisotopic (exact) mass is 358 g/mol. The van der Waals surface area contributed by atoms with Crippen LogP contribution in [0.3, 0.4) is 0 Å². The van der Waals surface area contributed by atoms with Gasteiger partial charge in [-0.1, -0.05) is 37.5 Å². The molecule has 1 aliphatic carbocycles. The molecule has 142 valence electrons. The normalized spacial score (nSPS) is 19.1. The fourth-order valence-electron chi connectivity index (χ4n) is 4.12. The Morgan fingerprint density at radius 1 is 0.962 bits per heavy atom. The summed E-state index contributed by atoms with van der Waals surface area (Å²) >= 11 is 0. The molecule has 2 fully saturated rings. The van der Waals surface area contributed by atoms with E-state index in [1.54, 1.807) is 7.11 Å². The summed E-state index contributed by atoms with van der Waals surface area (Å²) in [4.78, 5) is 29.4. The van der Waals surface area contributed by atoms with Crippen LogP contribution in [-0.2, 0) is 16.0 Å². The van der Waals surface area contributed by atoms with E-state index in [1.807, 2.05) is 34.1 Å². The minimum atomic E-state index is 0.112. The van der Waals surface area contributed by atoms with Crippen molar-refractivity contribution in [1.29, 1.82) is 0 Å². The molecule has 2 aliphatic rings. The summed E-state index contributed by atoms with van der Waals surface area (Å²) in [6, 6.07) is 7.66. The Balaban J connectivity index is 1.56. The van der Waals surface area contributed by atoms with Crippen LogP contribution in [0.4, 0.5) is 0 Å². The van der Waals surface area contributed by atoms with Crippen LogP contribution in [0.15, 0.2) is 24.3 Å². The molecule has 3 rings (SSSR count). The number of benzene rings is 1. The molecule has 1 aromatic rings. The van der Waals surface area contributed by atoms with Gasteiger partial charge in [0.05, 0.1) is 13.5 Å². The number of hydrogen-bond acceptors (Lipinski definition) is 3. The largest absolute Gasteiger partial charge is 0.496 e. The lowest BCUT2D eigenvalue weighted by Gasteiger charge is -2.28. The fraction of sp³-hybridized carbons (Fsp3) is 0.619. The Hall–Kier alpha value is -2.04. The molecular formula is C21H30N2O3. The van der Waals surface area contributed by atoms with Crippen LogP contribution in [0.2, 0.25) is 0 Å². The highest BCUT2D eigenvalue weighted by atomic mass is 16.5. The average Bonchev–Trinajstić information content (AvgIpc) is 2.95. The maximum absolute atomic E-state index is 12.8. The summed E-state index contributed by atoms with van der Waals surface area (Å²) in [5.74, 6) is 1.38. The highest BCUT2D eigenvalue weighted by Crippen LogP contribution is 2.26. The van der Waals surface area contributed by atoms with Crippen molar-refractivity contribution in [2.24, 2.45) is 5.92 Å². The highest BCUT2D eigenvalue weighted by molar-refractivity contribution is 5.81. The van der Waals surface area contributed by atoms with Crippen LogP contribution in [0, 0.1) is 5.92 Å². The van der Waals surface area contributed by atoms with Crippen molar-refractivity contribution in [3.63, 3.8) is 0 Å². The first-order chi connectivity index (χ1) is 12.7. The first kappa shape index (κ1) is 18.7. The molecule has 2 amide bonds. The molecule has 0 radical (unpaired) electrons. The highest BCUT2D eigenvalue weighted by Gasteiger charge is 2.28. The van der Waals surface area contributed by atoms with Crippen LogP contribution >= 0.6 is 0 Å². The zero-order valence-corrected chi connectivity index (χ0v) is 15.8. The van der Waals surface area contributed by atoms with E-state index in [-0.39, 0.29) is 11.8 Å². The number of carbonyl (C=O) groups is 2. The Kier molecular flexibility index (Phi) is 6.53. The van der Waals surface area contributed by atoms with Crippen molar-refractivity contribution in [2.45, 2.75) is 44.9 Å². The molecule has 1 aromatic carbocycles. The number of rotatable bonds is 4. The predicted octanol–water partition coefficient (Wildman–Crippen LogP) is 2.88. The number of para-hydroxylation sites is 1. The van der Waals surface area contributed by atoms with Crippen molar-refractivity contribution in [1.82, 2.24) is 9.80 Å². The molecule has 0 atom stereocenters. The van der Waals surface area contributed by atoms with Crippen molar-refractivity contribution in [3.05, 3.63) is 29.8 Å². The van der Waals surface area contributed by atoms with Crippen molar-refractivity contribution >= 4 is 11.8 Å². The van der Waals surface area contributed by atoms with E-state index in [0.29, 0.717) is 25.4 Å². The minimum absolute atomic E-state index is 0.112. The Labute approximate surface area is 156 Å². The van der Waals surface area contributed by atoms with Crippen LogP contribution < -0.4 is 4.74 Å². The topological polar surface area (TPSA) is 49.9 Å². The third kappa shape index (κ3) is 4.57. The number of methoxy groups -OCH3 is 1. The first-order valence-electron chi connectivity index (χ1n) is 9.87. The third-order valence-electron chi connectivity index (χ3n) is 5.65.